The maximum Gasteiger partial charge on any atom is 0.416 e. The van der Waals surface area contributed by atoms with Crippen LogP contribution in [0.5, 0.6) is 0 Å². The highest BCUT2D eigenvalue weighted by atomic mass is 32.2. The average Bonchev–Trinajstić information content (AvgIpc) is 3.45. The number of benzene rings is 3. The number of hydrogen-bond acceptors (Lipinski definition) is 4. The largest absolute Gasteiger partial charge is 0.416 e. The molecule has 0 aliphatic heterocycles. The molecule has 1 aliphatic carbocycles. The van der Waals surface area contributed by atoms with Crippen LogP contribution in [0, 0.1) is 6.92 Å². The molecule has 5 aromatic rings. The molecular weight excluding hydrogens is 485 g/mol. The molecular formula is C27H19F3N4OS. The van der Waals surface area contributed by atoms with E-state index in [1.54, 1.807) is 10.6 Å². The van der Waals surface area contributed by atoms with Crippen molar-refractivity contribution in [3.05, 3.63) is 111 Å². The Bertz CT molecular complexity index is 1700. The Hall–Kier alpha value is -3.85. The van der Waals surface area contributed by atoms with Crippen molar-refractivity contribution in [3.8, 4) is 16.8 Å². The topological polar surface area (TPSA) is 52.2 Å². The van der Waals surface area contributed by atoms with Crippen LogP contribution < -0.4 is 5.56 Å². The number of rotatable bonds is 4. The van der Waals surface area contributed by atoms with Gasteiger partial charge in [0.05, 0.1) is 11.3 Å². The predicted molar refractivity (Wildman–Crippen MR) is 133 cm³/mol. The van der Waals surface area contributed by atoms with Gasteiger partial charge in [-0.25, -0.2) is 0 Å². The molecule has 36 heavy (non-hydrogen) atoms. The number of alkyl halides is 3. The lowest BCUT2D eigenvalue weighted by atomic mass is 10.0. The summed E-state index contributed by atoms with van der Waals surface area (Å²) in [4.78, 5) is 13.2. The number of thioether (sulfide) groups is 1. The Morgan fingerprint density at radius 2 is 1.72 bits per heavy atom. The standard InChI is InChI=1S/C27H19F3N4OS/c1-16-21(27(28,29)30)10-5-11-22(16)33-12-13-34-24(25(33)35)31-32-26(34)36-15-19-8-4-7-18-14-17-6-2-3-9-20(17)23(18)19/h2-13H,14-15H2,1H3. The number of aromatic nitrogens is 4. The van der Waals surface area contributed by atoms with Gasteiger partial charge in [0.25, 0.3) is 0 Å². The molecule has 180 valence electrons. The fourth-order valence-electron chi connectivity index (χ4n) is 4.88. The minimum absolute atomic E-state index is 0.0243. The number of nitrogens with zero attached hydrogens (tertiary/aromatic N) is 4. The minimum Gasteiger partial charge on any atom is -0.279 e. The van der Waals surface area contributed by atoms with Crippen LogP contribution in [0.25, 0.3) is 22.5 Å². The summed E-state index contributed by atoms with van der Waals surface area (Å²) in [5.41, 5.74) is 5.15. The summed E-state index contributed by atoms with van der Waals surface area (Å²) in [7, 11) is 0. The first-order valence-electron chi connectivity index (χ1n) is 11.3. The first-order valence-corrected chi connectivity index (χ1v) is 12.3. The predicted octanol–water partition coefficient (Wildman–Crippen LogP) is 6.07. The maximum absolute atomic E-state index is 13.4. The summed E-state index contributed by atoms with van der Waals surface area (Å²) in [6.07, 6.45) is -0.526. The molecule has 0 saturated carbocycles. The van der Waals surface area contributed by atoms with Crippen molar-refractivity contribution in [2.24, 2.45) is 0 Å². The summed E-state index contributed by atoms with van der Waals surface area (Å²) in [5, 5.41) is 8.81. The highest BCUT2D eigenvalue weighted by Crippen LogP contribution is 2.40. The summed E-state index contributed by atoms with van der Waals surface area (Å²) in [5.74, 6) is 0.633. The van der Waals surface area contributed by atoms with Gasteiger partial charge in [-0.2, -0.15) is 13.2 Å². The Balaban J connectivity index is 1.34. The lowest BCUT2D eigenvalue weighted by Gasteiger charge is -2.15. The summed E-state index contributed by atoms with van der Waals surface area (Å²) in [6, 6.07) is 18.5. The van der Waals surface area contributed by atoms with Crippen LogP contribution in [0.2, 0.25) is 0 Å². The van der Waals surface area contributed by atoms with E-state index in [-0.39, 0.29) is 16.9 Å². The van der Waals surface area contributed by atoms with E-state index in [0.717, 1.165) is 12.5 Å². The van der Waals surface area contributed by atoms with Gasteiger partial charge in [0.1, 0.15) is 0 Å². The Labute approximate surface area is 208 Å². The average molecular weight is 505 g/mol. The van der Waals surface area contributed by atoms with E-state index in [4.69, 9.17) is 0 Å². The number of fused-ring (bicyclic) bond motifs is 4. The van der Waals surface area contributed by atoms with Crippen molar-refractivity contribution in [2.45, 2.75) is 30.4 Å². The maximum atomic E-state index is 13.4. The van der Waals surface area contributed by atoms with Crippen LogP contribution in [0.15, 0.2) is 83.0 Å². The quantitative estimate of drug-likeness (QED) is 0.274. The second-order valence-electron chi connectivity index (χ2n) is 8.67. The third-order valence-corrected chi connectivity index (χ3v) is 7.56. The molecule has 6 rings (SSSR count). The van der Waals surface area contributed by atoms with E-state index in [9.17, 15) is 18.0 Å². The smallest absolute Gasteiger partial charge is 0.279 e. The molecule has 0 amide bonds. The molecule has 0 spiro atoms. The molecule has 0 unspecified atom stereocenters. The molecule has 0 bridgehead atoms. The van der Waals surface area contributed by atoms with Gasteiger partial charge >= 0.3 is 11.7 Å². The number of hydrogen-bond donors (Lipinski definition) is 0. The normalized spacial score (nSPS) is 12.7. The van der Waals surface area contributed by atoms with Crippen LogP contribution in [0.1, 0.15) is 27.8 Å². The first kappa shape index (κ1) is 22.6. The molecule has 2 aromatic heterocycles. The second kappa shape index (κ2) is 8.37. The van der Waals surface area contributed by atoms with E-state index < -0.39 is 17.3 Å². The molecule has 0 saturated heterocycles. The van der Waals surface area contributed by atoms with Crippen LogP contribution in [-0.2, 0) is 18.3 Å². The zero-order valence-electron chi connectivity index (χ0n) is 19.1. The van der Waals surface area contributed by atoms with E-state index in [2.05, 4.69) is 46.6 Å². The van der Waals surface area contributed by atoms with Gasteiger partial charge in [0.15, 0.2) is 5.16 Å². The van der Waals surface area contributed by atoms with Gasteiger partial charge in [0.2, 0.25) is 5.65 Å². The van der Waals surface area contributed by atoms with Crippen molar-refractivity contribution in [1.82, 2.24) is 19.2 Å². The lowest BCUT2D eigenvalue weighted by molar-refractivity contribution is -0.138. The molecule has 0 fully saturated rings. The summed E-state index contributed by atoms with van der Waals surface area (Å²) < 4.78 is 42.9. The summed E-state index contributed by atoms with van der Waals surface area (Å²) in [6.45, 7) is 1.36. The molecule has 9 heteroatoms. The lowest BCUT2D eigenvalue weighted by Crippen LogP contribution is -2.22. The minimum atomic E-state index is -4.51. The van der Waals surface area contributed by atoms with Crippen molar-refractivity contribution in [2.75, 3.05) is 0 Å². The van der Waals surface area contributed by atoms with E-state index in [0.29, 0.717) is 10.9 Å². The monoisotopic (exact) mass is 504 g/mol. The molecule has 3 aromatic carbocycles. The van der Waals surface area contributed by atoms with Gasteiger partial charge in [-0.1, -0.05) is 60.3 Å². The van der Waals surface area contributed by atoms with Crippen molar-refractivity contribution in [3.63, 3.8) is 0 Å². The molecule has 5 nitrogen and oxygen atoms in total. The van der Waals surface area contributed by atoms with Crippen LogP contribution in [0.4, 0.5) is 13.2 Å². The first-order chi connectivity index (χ1) is 17.3. The molecule has 1 aliphatic rings. The highest BCUT2D eigenvalue weighted by Gasteiger charge is 2.33. The van der Waals surface area contributed by atoms with Gasteiger partial charge in [-0.15, -0.1) is 10.2 Å². The fourth-order valence-corrected chi connectivity index (χ4v) is 5.79. The van der Waals surface area contributed by atoms with Crippen molar-refractivity contribution < 1.29 is 13.2 Å². The Kier molecular flexibility index (Phi) is 5.26. The van der Waals surface area contributed by atoms with E-state index in [1.807, 2.05) is 6.07 Å². The van der Waals surface area contributed by atoms with E-state index >= 15 is 0 Å². The fraction of sp³-hybridized carbons (Fsp3) is 0.148. The third-order valence-electron chi connectivity index (χ3n) is 6.57. The zero-order chi connectivity index (χ0) is 25.0. The van der Waals surface area contributed by atoms with Crippen LogP contribution in [0.3, 0.4) is 0 Å². The molecule has 0 atom stereocenters. The van der Waals surface area contributed by atoms with Gasteiger partial charge in [0, 0.05) is 18.1 Å². The van der Waals surface area contributed by atoms with Crippen LogP contribution in [-0.4, -0.2) is 19.2 Å². The molecule has 0 N–H and O–H groups in total. The number of halogens is 3. The van der Waals surface area contributed by atoms with Gasteiger partial charge in [-0.3, -0.25) is 13.8 Å². The molecule has 2 heterocycles. The molecule has 0 radical (unpaired) electrons. The second-order valence-corrected chi connectivity index (χ2v) is 9.61. The highest BCUT2D eigenvalue weighted by molar-refractivity contribution is 7.98. The van der Waals surface area contributed by atoms with Crippen LogP contribution >= 0.6 is 11.8 Å². The van der Waals surface area contributed by atoms with Gasteiger partial charge in [-0.05, 0) is 58.9 Å². The van der Waals surface area contributed by atoms with Gasteiger partial charge < -0.3 is 0 Å². The zero-order valence-corrected chi connectivity index (χ0v) is 19.9. The third kappa shape index (κ3) is 3.62. The Morgan fingerprint density at radius 3 is 2.56 bits per heavy atom. The van der Waals surface area contributed by atoms with Crippen molar-refractivity contribution in [1.29, 1.82) is 0 Å². The SMILES string of the molecule is Cc1c(-n2ccn3c(SCc4cccc5c4-c4ccccc4C5)nnc3c2=O)cccc1C(F)(F)F. The van der Waals surface area contributed by atoms with Crippen molar-refractivity contribution >= 4 is 17.4 Å². The van der Waals surface area contributed by atoms with E-state index in [1.165, 1.54) is 69.4 Å². The Morgan fingerprint density at radius 1 is 0.944 bits per heavy atom. The summed E-state index contributed by atoms with van der Waals surface area (Å²) >= 11 is 1.46.